The highest BCUT2D eigenvalue weighted by Gasteiger charge is 2.33. The third kappa shape index (κ3) is 4.45. The quantitative estimate of drug-likeness (QED) is 0.392. The van der Waals surface area contributed by atoms with Gasteiger partial charge in [-0.2, -0.15) is 0 Å². The second-order valence-electron chi connectivity index (χ2n) is 8.27. The second-order valence-corrected chi connectivity index (χ2v) is 9.27. The molecule has 0 aliphatic carbocycles. The number of carboxylic acid groups (broad SMARTS) is 1. The average molecular weight is 515 g/mol. The molecular formula is C28H22N2O6S. The normalized spacial score (nSPS) is 15.3. The smallest absolute Gasteiger partial charge is 0.338 e. The van der Waals surface area contributed by atoms with E-state index in [-0.39, 0.29) is 17.7 Å². The number of thiazole rings is 1. The number of rotatable bonds is 6. The van der Waals surface area contributed by atoms with Crippen molar-refractivity contribution in [1.29, 1.82) is 0 Å². The maximum absolute atomic E-state index is 13.6. The molecule has 9 heteroatoms. The summed E-state index contributed by atoms with van der Waals surface area (Å²) >= 11 is 1.19. The summed E-state index contributed by atoms with van der Waals surface area (Å²) in [6.07, 6.45) is 1.60. The van der Waals surface area contributed by atoms with E-state index in [4.69, 9.17) is 9.15 Å². The maximum Gasteiger partial charge on any atom is 0.338 e. The lowest BCUT2D eigenvalue weighted by Gasteiger charge is -2.24. The summed E-state index contributed by atoms with van der Waals surface area (Å²) in [5.74, 6) is -0.812. The molecule has 2 aromatic carbocycles. The molecule has 186 valence electrons. The number of carbonyl (C=O) groups excluding carboxylic acids is 1. The molecular weight excluding hydrogens is 492 g/mol. The molecule has 1 atom stereocenters. The van der Waals surface area contributed by atoms with E-state index in [2.05, 4.69) is 4.99 Å². The largest absolute Gasteiger partial charge is 0.478 e. The number of nitrogens with zero attached hydrogens (tertiary/aromatic N) is 2. The zero-order valence-corrected chi connectivity index (χ0v) is 20.8. The monoisotopic (exact) mass is 514 g/mol. The standard InChI is InChI=1S/C28H22N2O6S/c1-3-35-27(34)23-16(2)29-28-30(24(23)17-9-5-4-6-10-17)25(31)22(37-28)15-18-13-14-21(36-18)19-11-7-8-12-20(19)26(32)33/h4-15,24H,3H2,1-2H3,(H,32,33)/b22-15+/t24-/m0/s1. The Hall–Kier alpha value is -4.50. The zero-order chi connectivity index (χ0) is 26.1. The van der Waals surface area contributed by atoms with Crippen LogP contribution >= 0.6 is 11.3 Å². The van der Waals surface area contributed by atoms with Gasteiger partial charge in [-0.15, -0.1) is 0 Å². The van der Waals surface area contributed by atoms with E-state index in [9.17, 15) is 19.5 Å². The number of aromatic nitrogens is 1. The molecule has 1 aliphatic heterocycles. The number of carbonyl (C=O) groups is 2. The third-order valence-corrected chi connectivity index (χ3v) is 6.94. The summed E-state index contributed by atoms with van der Waals surface area (Å²) < 4.78 is 13.1. The van der Waals surface area contributed by atoms with Crippen LogP contribution in [0.2, 0.25) is 0 Å². The lowest BCUT2D eigenvalue weighted by atomic mass is 9.96. The van der Waals surface area contributed by atoms with Crippen molar-refractivity contribution < 1.29 is 23.8 Å². The van der Waals surface area contributed by atoms with Crippen molar-refractivity contribution in [1.82, 2.24) is 4.57 Å². The number of allylic oxidation sites excluding steroid dienone is 1. The molecule has 4 aromatic rings. The molecule has 5 rings (SSSR count). The number of hydrogen-bond acceptors (Lipinski definition) is 7. The van der Waals surface area contributed by atoms with Gasteiger partial charge in [-0.05, 0) is 37.6 Å². The SMILES string of the molecule is CCOC(=O)C1=C(C)N=c2s/c(=C/c3ccc(-c4ccccc4C(=O)O)o3)c(=O)n2[C@H]1c1ccccc1. The van der Waals surface area contributed by atoms with Crippen molar-refractivity contribution in [2.45, 2.75) is 19.9 Å². The fourth-order valence-corrected chi connectivity index (χ4v) is 5.36. The van der Waals surface area contributed by atoms with E-state index < -0.39 is 18.0 Å². The van der Waals surface area contributed by atoms with Gasteiger partial charge >= 0.3 is 11.9 Å². The van der Waals surface area contributed by atoms with Crippen molar-refractivity contribution in [2.75, 3.05) is 6.61 Å². The predicted molar refractivity (Wildman–Crippen MR) is 138 cm³/mol. The van der Waals surface area contributed by atoms with E-state index >= 15 is 0 Å². The molecule has 0 amide bonds. The highest BCUT2D eigenvalue weighted by atomic mass is 32.1. The fourth-order valence-electron chi connectivity index (χ4n) is 4.33. The van der Waals surface area contributed by atoms with Crippen molar-refractivity contribution in [3.05, 3.63) is 115 Å². The number of fused-ring (bicyclic) bond motifs is 1. The Labute approximate surface area is 215 Å². The van der Waals surface area contributed by atoms with Crippen LogP contribution in [0.15, 0.2) is 92.2 Å². The number of benzene rings is 2. The lowest BCUT2D eigenvalue weighted by Crippen LogP contribution is -2.39. The molecule has 0 spiro atoms. The minimum Gasteiger partial charge on any atom is -0.478 e. The first-order chi connectivity index (χ1) is 17.9. The Morgan fingerprint density at radius 3 is 2.57 bits per heavy atom. The zero-order valence-electron chi connectivity index (χ0n) is 20.0. The van der Waals surface area contributed by atoms with Gasteiger partial charge in [-0.25, -0.2) is 14.6 Å². The van der Waals surface area contributed by atoms with Gasteiger partial charge in [-0.1, -0.05) is 59.9 Å². The molecule has 0 saturated heterocycles. The van der Waals surface area contributed by atoms with Crippen LogP contribution < -0.4 is 14.9 Å². The second kappa shape index (κ2) is 9.87. The van der Waals surface area contributed by atoms with Gasteiger partial charge in [0.2, 0.25) is 0 Å². The number of carboxylic acids is 1. The first kappa shape index (κ1) is 24.2. The molecule has 2 aromatic heterocycles. The topological polar surface area (TPSA) is 111 Å². The maximum atomic E-state index is 13.6. The lowest BCUT2D eigenvalue weighted by molar-refractivity contribution is -0.139. The number of furan rings is 1. The molecule has 0 radical (unpaired) electrons. The highest BCUT2D eigenvalue weighted by molar-refractivity contribution is 7.07. The van der Waals surface area contributed by atoms with Crippen LogP contribution in [0.5, 0.6) is 0 Å². The minimum atomic E-state index is -1.06. The van der Waals surface area contributed by atoms with E-state index in [1.165, 1.54) is 22.0 Å². The molecule has 1 aliphatic rings. The first-order valence-corrected chi connectivity index (χ1v) is 12.4. The van der Waals surface area contributed by atoms with Crippen molar-refractivity contribution in [3.8, 4) is 11.3 Å². The van der Waals surface area contributed by atoms with Gasteiger partial charge in [0.15, 0.2) is 4.80 Å². The van der Waals surface area contributed by atoms with Crippen LogP contribution in [0.1, 0.15) is 41.6 Å². The summed E-state index contributed by atoms with van der Waals surface area (Å²) in [5.41, 5.74) is 1.81. The molecule has 1 N–H and O–H groups in total. The van der Waals surface area contributed by atoms with E-state index in [1.807, 2.05) is 30.3 Å². The van der Waals surface area contributed by atoms with Gasteiger partial charge < -0.3 is 14.3 Å². The van der Waals surface area contributed by atoms with Gasteiger partial charge in [0.25, 0.3) is 5.56 Å². The van der Waals surface area contributed by atoms with Gasteiger partial charge in [0.05, 0.1) is 34.0 Å². The Kier molecular flexibility index (Phi) is 6.45. The van der Waals surface area contributed by atoms with Crippen LogP contribution in [0.4, 0.5) is 0 Å². The summed E-state index contributed by atoms with van der Waals surface area (Å²) in [6, 6.07) is 18.5. The summed E-state index contributed by atoms with van der Waals surface area (Å²) in [6.45, 7) is 3.67. The van der Waals surface area contributed by atoms with E-state index in [0.717, 1.165) is 5.56 Å². The van der Waals surface area contributed by atoms with Crippen LogP contribution in [0.3, 0.4) is 0 Å². The molecule has 0 bridgehead atoms. The Bertz CT molecular complexity index is 1730. The third-order valence-electron chi connectivity index (χ3n) is 5.96. The molecule has 37 heavy (non-hydrogen) atoms. The predicted octanol–water partition coefficient (Wildman–Crippen LogP) is 3.76. The van der Waals surface area contributed by atoms with E-state index in [0.29, 0.717) is 37.7 Å². The minimum absolute atomic E-state index is 0.118. The molecule has 3 heterocycles. The molecule has 0 saturated carbocycles. The number of esters is 1. The summed E-state index contributed by atoms with van der Waals surface area (Å²) in [5, 5.41) is 9.49. The number of aromatic carboxylic acids is 1. The number of ether oxygens (including phenoxy) is 1. The van der Waals surface area contributed by atoms with Crippen molar-refractivity contribution in [3.63, 3.8) is 0 Å². The first-order valence-electron chi connectivity index (χ1n) is 11.6. The van der Waals surface area contributed by atoms with Crippen LogP contribution in [-0.2, 0) is 9.53 Å². The van der Waals surface area contributed by atoms with Crippen LogP contribution in [-0.4, -0.2) is 28.2 Å². The Morgan fingerprint density at radius 1 is 1.11 bits per heavy atom. The number of hydrogen-bond donors (Lipinski definition) is 1. The fraction of sp³-hybridized carbons (Fsp3) is 0.143. The Morgan fingerprint density at radius 2 is 1.84 bits per heavy atom. The molecule has 0 fully saturated rings. The van der Waals surface area contributed by atoms with Gasteiger partial charge in [0, 0.05) is 11.6 Å². The summed E-state index contributed by atoms with van der Waals surface area (Å²) in [4.78, 5) is 43.2. The van der Waals surface area contributed by atoms with Crippen LogP contribution in [0.25, 0.3) is 17.4 Å². The average Bonchev–Trinajstić information content (AvgIpc) is 3.48. The van der Waals surface area contributed by atoms with Crippen molar-refractivity contribution >= 4 is 29.4 Å². The van der Waals surface area contributed by atoms with Gasteiger partial charge in [-0.3, -0.25) is 9.36 Å². The van der Waals surface area contributed by atoms with Gasteiger partial charge in [0.1, 0.15) is 11.5 Å². The van der Waals surface area contributed by atoms with E-state index in [1.54, 1.807) is 50.3 Å². The highest BCUT2D eigenvalue weighted by Crippen LogP contribution is 2.30. The van der Waals surface area contributed by atoms with Crippen LogP contribution in [0, 0.1) is 0 Å². The Balaban J connectivity index is 1.63. The molecule has 8 nitrogen and oxygen atoms in total. The van der Waals surface area contributed by atoms with Crippen molar-refractivity contribution in [2.24, 2.45) is 4.99 Å². The molecule has 0 unspecified atom stereocenters. The summed E-state index contributed by atoms with van der Waals surface area (Å²) in [7, 11) is 0.